The van der Waals surface area contributed by atoms with Gasteiger partial charge in [0, 0.05) is 0 Å². The van der Waals surface area contributed by atoms with Crippen molar-refractivity contribution in [1.82, 2.24) is 0 Å². The van der Waals surface area contributed by atoms with Gasteiger partial charge in [-0.3, -0.25) is 4.79 Å². The monoisotopic (exact) mass is 336 g/mol. The first kappa shape index (κ1) is 23.1. The van der Waals surface area contributed by atoms with Crippen molar-refractivity contribution < 1.29 is 4.79 Å². The van der Waals surface area contributed by atoms with Gasteiger partial charge >= 0.3 is 0 Å². The fraction of sp³-hybridized carbons (Fsp3) is 0.905. The second-order valence-electron chi connectivity index (χ2n) is 7.15. The lowest BCUT2D eigenvalue weighted by Gasteiger charge is -2.08. The van der Waals surface area contributed by atoms with Crippen LogP contribution in [0.2, 0.25) is 0 Å². The predicted molar refractivity (Wildman–Crippen MR) is 103 cm³/mol. The number of unbranched alkanes of at least 4 members (excludes halogenated alkanes) is 14. The smallest absolute Gasteiger partial charge is 0.163 e. The van der Waals surface area contributed by atoms with Crippen molar-refractivity contribution >= 4 is 5.78 Å². The van der Waals surface area contributed by atoms with E-state index in [9.17, 15) is 4.79 Å². The molecule has 0 spiro atoms. The molecule has 24 heavy (non-hydrogen) atoms. The summed E-state index contributed by atoms with van der Waals surface area (Å²) in [7, 11) is 0. The van der Waals surface area contributed by atoms with Crippen LogP contribution in [-0.2, 0) is 4.79 Å². The van der Waals surface area contributed by atoms with Gasteiger partial charge in [-0.1, -0.05) is 103 Å². The van der Waals surface area contributed by atoms with E-state index in [-0.39, 0.29) is 12.2 Å². The quantitative estimate of drug-likeness (QED) is 0.309. The van der Waals surface area contributed by atoms with E-state index in [1.807, 2.05) is 6.07 Å². The van der Waals surface area contributed by atoms with E-state index in [1.165, 1.54) is 83.5 Å². The van der Waals surface area contributed by atoms with E-state index in [0.717, 1.165) is 19.3 Å². The Hall–Kier alpha value is -0.880. The second kappa shape index (κ2) is 18.5. The fourth-order valence-electron chi connectivity index (χ4n) is 3.11. The zero-order valence-electron chi connectivity index (χ0n) is 16.0. The van der Waals surface area contributed by atoms with Crippen molar-refractivity contribution in [3.05, 3.63) is 0 Å². The predicted octanol–water partition coefficient (Wildman–Crippen LogP) is 6.06. The third kappa shape index (κ3) is 16.0. The molecule has 1 unspecified atom stereocenters. The summed E-state index contributed by atoms with van der Waals surface area (Å²) < 4.78 is 0. The zero-order valence-corrected chi connectivity index (χ0v) is 16.0. The molecule has 0 bridgehead atoms. The summed E-state index contributed by atoms with van der Waals surface area (Å²) in [6.07, 6.45) is 20.8. The van der Waals surface area contributed by atoms with Crippen molar-refractivity contribution in [3.63, 3.8) is 0 Å². The normalized spacial score (nSPS) is 12.0. The van der Waals surface area contributed by atoms with Crippen molar-refractivity contribution in [2.45, 2.75) is 122 Å². The number of hydrogen-bond acceptors (Lipinski definition) is 3. The van der Waals surface area contributed by atoms with Crippen LogP contribution in [0.3, 0.4) is 0 Å². The second-order valence-corrected chi connectivity index (χ2v) is 7.15. The molecule has 0 aromatic rings. The van der Waals surface area contributed by atoms with Gasteiger partial charge in [-0.15, -0.1) is 0 Å². The van der Waals surface area contributed by atoms with Crippen LogP contribution >= 0.6 is 0 Å². The maximum Gasteiger partial charge on any atom is 0.163 e. The van der Waals surface area contributed by atoms with Gasteiger partial charge in [-0.25, -0.2) is 0 Å². The van der Waals surface area contributed by atoms with Crippen molar-refractivity contribution in [1.29, 1.82) is 5.26 Å². The first-order chi connectivity index (χ1) is 11.7. The van der Waals surface area contributed by atoms with Crippen LogP contribution in [0.25, 0.3) is 0 Å². The van der Waals surface area contributed by atoms with Gasteiger partial charge in [0.05, 0.1) is 18.5 Å². The Morgan fingerprint density at radius 1 is 0.792 bits per heavy atom. The van der Waals surface area contributed by atoms with Gasteiger partial charge in [0.2, 0.25) is 0 Å². The van der Waals surface area contributed by atoms with Crippen LogP contribution in [0.1, 0.15) is 116 Å². The average Bonchev–Trinajstić information content (AvgIpc) is 2.58. The highest BCUT2D eigenvalue weighted by Crippen LogP contribution is 2.14. The molecule has 0 aromatic heterocycles. The molecule has 3 nitrogen and oxygen atoms in total. The van der Waals surface area contributed by atoms with Crippen LogP contribution in [0.4, 0.5) is 0 Å². The Morgan fingerprint density at radius 3 is 1.54 bits per heavy atom. The number of carbonyl (C=O) groups is 1. The Kier molecular flexibility index (Phi) is 17.8. The SMILES string of the molecule is CCCCCCCCCCCCCCCCCC(N)C(=O)CC#N. The number of rotatable bonds is 18. The molecule has 0 aliphatic heterocycles. The molecule has 0 aromatic carbocycles. The summed E-state index contributed by atoms with van der Waals surface area (Å²) in [5, 5.41) is 8.46. The molecule has 1 atom stereocenters. The highest BCUT2D eigenvalue weighted by Gasteiger charge is 2.11. The first-order valence-electron chi connectivity index (χ1n) is 10.4. The van der Waals surface area contributed by atoms with E-state index in [2.05, 4.69) is 6.92 Å². The number of nitrogens with two attached hydrogens (primary N) is 1. The molecule has 0 fully saturated rings. The maximum absolute atomic E-state index is 11.4. The standard InChI is InChI=1S/C21H40N2O/c1-2-3-4-5-6-7-8-9-10-11-12-13-14-15-16-17-20(23)21(24)18-19-22/h20H,2-18,23H2,1H3. The highest BCUT2D eigenvalue weighted by atomic mass is 16.1. The van der Waals surface area contributed by atoms with E-state index >= 15 is 0 Å². The molecule has 0 aliphatic rings. The highest BCUT2D eigenvalue weighted by molar-refractivity contribution is 5.85. The molecule has 0 saturated carbocycles. The Bertz CT molecular complexity index is 322. The lowest BCUT2D eigenvalue weighted by atomic mass is 10.0. The van der Waals surface area contributed by atoms with Gasteiger partial charge in [0.15, 0.2) is 5.78 Å². The van der Waals surface area contributed by atoms with E-state index in [1.54, 1.807) is 0 Å². The number of hydrogen-bond donors (Lipinski definition) is 1. The summed E-state index contributed by atoms with van der Waals surface area (Å²) in [5.41, 5.74) is 5.76. The molecular weight excluding hydrogens is 296 g/mol. The lowest BCUT2D eigenvalue weighted by molar-refractivity contribution is -0.119. The van der Waals surface area contributed by atoms with Crippen LogP contribution < -0.4 is 5.73 Å². The Labute approximate surface area is 150 Å². The van der Waals surface area contributed by atoms with Crippen molar-refractivity contribution in [2.75, 3.05) is 0 Å². The third-order valence-electron chi connectivity index (χ3n) is 4.79. The van der Waals surface area contributed by atoms with Gasteiger partial charge < -0.3 is 5.73 Å². The van der Waals surface area contributed by atoms with Crippen LogP contribution in [0, 0.1) is 11.3 Å². The summed E-state index contributed by atoms with van der Waals surface area (Å²) in [5.74, 6) is -0.108. The minimum absolute atomic E-state index is 0.0418. The van der Waals surface area contributed by atoms with Gasteiger partial charge in [-0.2, -0.15) is 5.26 Å². The third-order valence-corrected chi connectivity index (χ3v) is 4.79. The average molecular weight is 337 g/mol. The van der Waals surface area contributed by atoms with E-state index < -0.39 is 6.04 Å². The molecule has 0 heterocycles. The minimum atomic E-state index is -0.424. The van der Waals surface area contributed by atoms with Crippen molar-refractivity contribution in [3.8, 4) is 6.07 Å². The number of Topliss-reactive ketones (excluding diaryl/α,β-unsaturated/α-hetero) is 1. The molecule has 3 heteroatoms. The lowest BCUT2D eigenvalue weighted by Crippen LogP contribution is -2.29. The topological polar surface area (TPSA) is 66.9 Å². The van der Waals surface area contributed by atoms with Crippen LogP contribution in [0.15, 0.2) is 0 Å². The van der Waals surface area contributed by atoms with Gasteiger partial charge in [-0.05, 0) is 6.42 Å². The molecule has 140 valence electrons. The number of carbonyl (C=O) groups excluding carboxylic acids is 1. The summed E-state index contributed by atoms with van der Waals surface area (Å²) in [4.78, 5) is 11.4. The summed E-state index contributed by atoms with van der Waals surface area (Å²) in [6.45, 7) is 2.27. The summed E-state index contributed by atoms with van der Waals surface area (Å²) in [6, 6.07) is 1.45. The molecule has 0 radical (unpaired) electrons. The van der Waals surface area contributed by atoms with Crippen molar-refractivity contribution in [2.24, 2.45) is 5.73 Å². The molecule has 2 N–H and O–H groups in total. The maximum atomic E-state index is 11.4. The van der Waals surface area contributed by atoms with Gasteiger partial charge in [0.25, 0.3) is 0 Å². The molecule has 0 amide bonds. The van der Waals surface area contributed by atoms with E-state index in [0.29, 0.717) is 0 Å². The van der Waals surface area contributed by atoms with Crippen LogP contribution in [0.5, 0.6) is 0 Å². The zero-order chi connectivity index (χ0) is 17.9. The summed E-state index contributed by atoms with van der Waals surface area (Å²) >= 11 is 0. The molecule has 0 aliphatic carbocycles. The number of ketones is 1. The van der Waals surface area contributed by atoms with Crippen LogP contribution in [-0.4, -0.2) is 11.8 Å². The molecule has 0 rings (SSSR count). The Morgan fingerprint density at radius 2 is 1.17 bits per heavy atom. The molecular formula is C21H40N2O. The fourth-order valence-corrected chi connectivity index (χ4v) is 3.11. The largest absolute Gasteiger partial charge is 0.321 e. The molecule has 0 saturated heterocycles. The van der Waals surface area contributed by atoms with E-state index in [4.69, 9.17) is 11.0 Å². The first-order valence-corrected chi connectivity index (χ1v) is 10.4. The number of nitriles is 1. The number of nitrogens with zero attached hydrogens (tertiary/aromatic N) is 1. The van der Waals surface area contributed by atoms with Gasteiger partial charge in [0.1, 0.15) is 0 Å². The minimum Gasteiger partial charge on any atom is -0.321 e. The Balaban J connectivity index is 3.15.